The number of carbonyl (C=O) groups is 2. The zero-order valence-electron chi connectivity index (χ0n) is 11.2. The summed E-state index contributed by atoms with van der Waals surface area (Å²) in [5.74, 6) is -1.61. The Morgan fingerprint density at radius 1 is 1.35 bits per heavy atom. The van der Waals surface area contributed by atoms with Gasteiger partial charge in [0.05, 0.1) is 17.2 Å². The van der Waals surface area contributed by atoms with Crippen molar-refractivity contribution in [2.75, 3.05) is 7.11 Å². The summed E-state index contributed by atoms with van der Waals surface area (Å²) in [5.41, 5.74) is 1.54. The molecule has 2 unspecified atom stereocenters. The van der Waals surface area contributed by atoms with Crippen LogP contribution in [0.2, 0.25) is 10.0 Å². The average molecular weight is 313 g/mol. The molecule has 2 atom stereocenters. The lowest BCUT2D eigenvalue weighted by Crippen LogP contribution is -2.33. The monoisotopic (exact) mass is 312 g/mol. The highest BCUT2D eigenvalue weighted by atomic mass is 35.5. The third-order valence-corrected chi connectivity index (χ3v) is 4.31. The lowest BCUT2D eigenvalue weighted by Gasteiger charge is -2.26. The van der Waals surface area contributed by atoms with Gasteiger partial charge in [-0.2, -0.15) is 0 Å². The van der Waals surface area contributed by atoms with Crippen LogP contribution in [0.1, 0.15) is 18.9 Å². The van der Waals surface area contributed by atoms with Crippen molar-refractivity contribution >= 4 is 40.5 Å². The first-order valence-corrected chi connectivity index (χ1v) is 6.98. The van der Waals surface area contributed by atoms with Gasteiger partial charge < -0.3 is 4.74 Å². The largest absolute Gasteiger partial charge is 0.468 e. The van der Waals surface area contributed by atoms with Crippen LogP contribution in [0.5, 0.6) is 0 Å². The van der Waals surface area contributed by atoms with Crippen molar-refractivity contribution in [3.63, 3.8) is 0 Å². The first-order valence-electron chi connectivity index (χ1n) is 6.22. The average Bonchev–Trinajstić information content (AvgIpc) is 2.40. The van der Waals surface area contributed by atoms with Gasteiger partial charge in [0.2, 0.25) is 0 Å². The second kappa shape index (κ2) is 5.98. The number of ether oxygens (including phenoxy) is 1. The Balaban J connectivity index is 2.39. The maximum atomic E-state index is 12.1. The van der Waals surface area contributed by atoms with Gasteiger partial charge in [-0.05, 0) is 35.6 Å². The molecule has 0 heterocycles. The van der Waals surface area contributed by atoms with Crippen molar-refractivity contribution in [1.29, 1.82) is 0 Å². The lowest BCUT2D eigenvalue weighted by atomic mass is 9.78. The second-order valence-electron chi connectivity index (χ2n) is 4.86. The number of allylic oxidation sites excluding steroid dienone is 2. The summed E-state index contributed by atoms with van der Waals surface area (Å²) in [7, 11) is 1.29. The van der Waals surface area contributed by atoms with Crippen LogP contribution in [0.15, 0.2) is 24.3 Å². The van der Waals surface area contributed by atoms with Crippen LogP contribution >= 0.6 is 23.2 Å². The molecule has 0 fully saturated rings. The molecule has 2 rings (SSSR count). The molecule has 0 N–H and O–H groups in total. The van der Waals surface area contributed by atoms with Crippen molar-refractivity contribution in [2.45, 2.75) is 13.3 Å². The fourth-order valence-electron chi connectivity index (χ4n) is 2.48. The Morgan fingerprint density at radius 3 is 2.65 bits per heavy atom. The SMILES string of the molecule is COC(=O)C1C(=O)C=C(c2cccc(Cl)c2Cl)CC1C. The van der Waals surface area contributed by atoms with Crippen LogP contribution in [-0.2, 0) is 14.3 Å². The molecule has 106 valence electrons. The van der Waals surface area contributed by atoms with Crippen LogP contribution in [0.4, 0.5) is 0 Å². The van der Waals surface area contributed by atoms with E-state index in [1.807, 2.05) is 13.0 Å². The third-order valence-electron chi connectivity index (χ3n) is 3.49. The van der Waals surface area contributed by atoms with Crippen molar-refractivity contribution in [3.05, 3.63) is 39.9 Å². The minimum Gasteiger partial charge on any atom is -0.468 e. The highest BCUT2D eigenvalue weighted by Crippen LogP contribution is 2.38. The van der Waals surface area contributed by atoms with Crippen molar-refractivity contribution in [3.8, 4) is 0 Å². The van der Waals surface area contributed by atoms with Gasteiger partial charge in [-0.25, -0.2) is 0 Å². The van der Waals surface area contributed by atoms with Gasteiger partial charge in [0.25, 0.3) is 0 Å². The van der Waals surface area contributed by atoms with E-state index in [0.29, 0.717) is 16.5 Å². The molecule has 5 heteroatoms. The molecule has 0 radical (unpaired) electrons. The maximum Gasteiger partial charge on any atom is 0.316 e. The van der Waals surface area contributed by atoms with Gasteiger partial charge in [0.15, 0.2) is 5.78 Å². The summed E-state index contributed by atoms with van der Waals surface area (Å²) in [6.45, 7) is 1.85. The molecule has 0 saturated carbocycles. The number of rotatable bonds is 2. The normalized spacial score (nSPS) is 22.4. The molecule has 1 aliphatic rings. The van der Waals surface area contributed by atoms with Gasteiger partial charge in [-0.3, -0.25) is 9.59 Å². The molecule has 0 spiro atoms. The predicted molar refractivity (Wildman–Crippen MR) is 78.7 cm³/mol. The fourth-order valence-corrected chi connectivity index (χ4v) is 2.90. The maximum absolute atomic E-state index is 12.1. The van der Waals surface area contributed by atoms with Crippen LogP contribution < -0.4 is 0 Å². The van der Waals surface area contributed by atoms with Gasteiger partial charge in [0, 0.05) is 0 Å². The summed E-state index contributed by atoms with van der Waals surface area (Å²) >= 11 is 12.2. The zero-order valence-corrected chi connectivity index (χ0v) is 12.7. The highest BCUT2D eigenvalue weighted by molar-refractivity contribution is 6.43. The fraction of sp³-hybridized carbons (Fsp3) is 0.333. The quantitative estimate of drug-likeness (QED) is 0.616. The van der Waals surface area contributed by atoms with E-state index >= 15 is 0 Å². The molecule has 0 amide bonds. The molecule has 20 heavy (non-hydrogen) atoms. The number of hydrogen-bond acceptors (Lipinski definition) is 3. The van der Waals surface area contributed by atoms with Crippen molar-refractivity contribution in [1.82, 2.24) is 0 Å². The molecule has 0 bridgehead atoms. The smallest absolute Gasteiger partial charge is 0.316 e. The Hall–Kier alpha value is -1.32. The number of carbonyl (C=O) groups excluding carboxylic acids is 2. The Labute approximate surface area is 127 Å². The summed E-state index contributed by atoms with van der Waals surface area (Å²) in [5, 5.41) is 0.872. The Kier molecular flexibility index (Phi) is 4.51. The molecular weight excluding hydrogens is 299 g/mol. The molecule has 1 aromatic carbocycles. The van der Waals surface area contributed by atoms with E-state index in [-0.39, 0.29) is 11.7 Å². The number of methoxy groups -OCH3 is 1. The summed E-state index contributed by atoms with van der Waals surface area (Å²) in [4.78, 5) is 23.8. The second-order valence-corrected chi connectivity index (χ2v) is 5.64. The number of benzene rings is 1. The summed E-state index contributed by atoms with van der Waals surface area (Å²) in [6.07, 6.45) is 2.05. The lowest BCUT2D eigenvalue weighted by molar-refractivity contribution is -0.150. The number of hydrogen-bond donors (Lipinski definition) is 0. The Morgan fingerprint density at radius 2 is 2.05 bits per heavy atom. The molecular formula is C15H14Cl2O3. The number of esters is 1. The van der Waals surface area contributed by atoms with Crippen LogP contribution in [0, 0.1) is 11.8 Å². The first kappa shape index (κ1) is 15.1. The van der Waals surface area contributed by atoms with E-state index < -0.39 is 11.9 Å². The molecule has 0 aliphatic heterocycles. The molecule has 0 saturated heterocycles. The van der Waals surface area contributed by atoms with E-state index in [9.17, 15) is 9.59 Å². The van der Waals surface area contributed by atoms with Gasteiger partial charge in [0.1, 0.15) is 5.92 Å². The van der Waals surface area contributed by atoms with E-state index in [1.165, 1.54) is 13.2 Å². The molecule has 3 nitrogen and oxygen atoms in total. The van der Waals surface area contributed by atoms with Gasteiger partial charge in [-0.1, -0.05) is 42.3 Å². The van der Waals surface area contributed by atoms with E-state index in [0.717, 1.165) is 11.1 Å². The van der Waals surface area contributed by atoms with E-state index in [4.69, 9.17) is 23.2 Å². The number of halogens is 2. The molecule has 1 aromatic rings. The van der Waals surface area contributed by atoms with E-state index in [2.05, 4.69) is 4.74 Å². The molecule has 1 aliphatic carbocycles. The minimum absolute atomic E-state index is 0.134. The van der Waals surface area contributed by atoms with Crippen LogP contribution in [0.3, 0.4) is 0 Å². The Bertz CT molecular complexity index is 593. The number of ketones is 1. The standard InChI is InChI=1S/C15H14Cl2O3/c1-8-6-9(7-12(18)13(8)15(19)20-2)10-4-3-5-11(16)14(10)17/h3-5,7-8,13H,6H2,1-2H3. The predicted octanol–water partition coefficient (Wildman–Crippen LogP) is 3.77. The minimum atomic E-state index is -0.735. The highest BCUT2D eigenvalue weighted by Gasteiger charge is 2.36. The van der Waals surface area contributed by atoms with Crippen molar-refractivity contribution < 1.29 is 14.3 Å². The molecule has 0 aromatic heterocycles. The third kappa shape index (κ3) is 2.74. The summed E-state index contributed by atoms with van der Waals surface area (Å²) < 4.78 is 4.68. The zero-order chi connectivity index (χ0) is 14.9. The topological polar surface area (TPSA) is 43.4 Å². The summed E-state index contributed by atoms with van der Waals surface area (Å²) in [6, 6.07) is 5.30. The first-order chi connectivity index (χ1) is 9.45. The van der Waals surface area contributed by atoms with Crippen LogP contribution in [0.25, 0.3) is 5.57 Å². The van der Waals surface area contributed by atoms with Gasteiger partial charge in [-0.15, -0.1) is 0 Å². The van der Waals surface area contributed by atoms with Crippen molar-refractivity contribution in [2.24, 2.45) is 11.8 Å². The van der Waals surface area contributed by atoms with Gasteiger partial charge >= 0.3 is 5.97 Å². The van der Waals surface area contributed by atoms with Crippen LogP contribution in [-0.4, -0.2) is 18.9 Å². The van der Waals surface area contributed by atoms with E-state index in [1.54, 1.807) is 12.1 Å².